The third-order valence-electron chi connectivity index (χ3n) is 2.92. The number of hydrogen-bond donors (Lipinski definition) is 2. The molecular formula is C13H13N3O4S. The van der Waals surface area contributed by atoms with Gasteiger partial charge in [-0.1, -0.05) is 0 Å². The Balaban J connectivity index is 1.89. The minimum absolute atomic E-state index is 0.125. The second-order valence-corrected chi connectivity index (χ2v) is 5.98. The molecule has 0 saturated carbocycles. The van der Waals surface area contributed by atoms with E-state index in [4.69, 9.17) is 9.47 Å². The number of nitrogens with one attached hydrogen (secondary N) is 2. The quantitative estimate of drug-likeness (QED) is 0.893. The van der Waals surface area contributed by atoms with Crippen molar-refractivity contribution >= 4 is 21.5 Å². The number of hydrogen-bond acceptors (Lipinski definition) is 6. The third-order valence-corrected chi connectivity index (χ3v) is 4.30. The summed E-state index contributed by atoms with van der Waals surface area (Å²) in [5.41, 5.74) is 0.405. The Morgan fingerprint density at radius 2 is 1.95 bits per heavy atom. The van der Waals surface area contributed by atoms with Gasteiger partial charge in [0.05, 0.1) is 10.6 Å². The van der Waals surface area contributed by atoms with E-state index in [-0.39, 0.29) is 11.7 Å². The molecule has 2 aromatic rings. The lowest BCUT2D eigenvalue weighted by molar-refractivity contribution is 0.174. The Kier molecular flexibility index (Phi) is 3.30. The van der Waals surface area contributed by atoms with Crippen LogP contribution in [0.25, 0.3) is 0 Å². The summed E-state index contributed by atoms with van der Waals surface area (Å²) in [6.07, 6.45) is 1.43. The van der Waals surface area contributed by atoms with Gasteiger partial charge in [0.25, 0.3) is 10.0 Å². The van der Waals surface area contributed by atoms with Crippen molar-refractivity contribution in [3.8, 4) is 11.5 Å². The molecule has 0 spiro atoms. The van der Waals surface area contributed by atoms with E-state index < -0.39 is 10.0 Å². The van der Waals surface area contributed by atoms with Crippen LogP contribution in [0.15, 0.2) is 41.4 Å². The van der Waals surface area contributed by atoms with Crippen molar-refractivity contribution in [1.29, 1.82) is 0 Å². The van der Waals surface area contributed by atoms with Gasteiger partial charge in [0.1, 0.15) is 5.82 Å². The normalized spacial score (nSPS) is 13.0. The summed E-state index contributed by atoms with van der Waals surface area (Å²) in [5, 5.41) is 2.80. The molecule has 0 bridgehead atoms. The molecule has 1 aromatic carbocycles. The molecule has 3 rings (SSSR count). The largest absolute Gasteiger partial charge is 0.454 e. The van der Waals surface area contributed by atoms with Gasteiger partial charge < -0.3 is 14.8 Å². The number of ether oxygens (including phenoxy) is 2. The molecule has 2 heterocycles. The van der Waals surface area contributed by atoms with E-state index in [0.717, 1.165) is 0 Å². The van der Waals surface area contributed by atoms with Crippen molar-refractivity contribution in [1.82, 2.24) is 4.98 Å². The summed E-state index contributed by atoms with van der Waals surface area (Å²) in [6.45, 7) is 0.140. The predicted octanol–water partition coefficient (Wildman–Crippen LogP) is 1.65. The SMILES string of the molecule is CNc1cc(S(=O)(=O)Nc2ccc3c(c2)OCO3)ccn1. The van der Waals surface area contributed by atoms with Crippen LogP contribution < -0.4 is 19.5 Å². The van der Waals surface area contributed by atoms with Gasteiger partial charge in [-0.3, -0.25) is 4.72 Å². The average Bonchev–Trinajstić information content (AvgIpc) is 2.94. The minimum Gasteiger partial charge on any atom is -0.454 e. The second-order valence-electron chi connectivity index (χ2n) is 4.30. The summed E-state index contributed by atoms with van der Waals surface area (Å²) in [6, 6.07) is 7.74. The molecule has 0 amide bonds. The maximum Gasteiger partial charge on any atom is 0.262 e. The zero-order valence-corrected chi connectivity index (χ0v) is 12.0. The number of fused-ring (bicyclic) bond motifs is 1. The van der Waals surface area contributed by atoms with Crippen molar-refractivity contribution in [2.45, 2.75) is 4.90 Å². The van der Waals surface area contributed by atoms with E-state index in [1.54, 1.807) is 25.2 Å². The predicted molar refractivity (Wildman–Crippen MR) is 77.2 cm³/mol. The zero-order chi connectivity index (χ0) is 14.9. The lowest BCUT2D eigenvalue weighted by Crippen LogP contribution is -2.13. The Hall–Kier alpha value is -2.48. The highest BCUT2D eigenvalue weighted by molar-refractivity contribution is 7.92. The first-order valence-corrected chi connectivity index (χ1v) is 7.63. The number of pyridine rings is 1. The van der Waals surface area contributed by atoms with Gasteiger partial charge >= 0.3 is 0 Å². The van der Waals surface area contributed by atoms with Gasteiger partial charge in [-0.25, -0.2) is 13.4 Å². The molecule has 7 nitrogen and oxygen atoms in total. The standard InChI is InChI=1S/C13H13N3O4S/c1-14-13-7-10(4-5-15-13)21(17,18)16-9-2-3-11-12(6-9)20-8-19-11/h2-7,16H,8H2,1H3,(H,14,15). The summed E-state index contributed by atoms with van der Waals surface area (Å²) >= 11 is 0. The van der Waals surface area contributed by atoms with Gasteiger partial charge in [0.2, 0.25) is 6.79 Å². The van der Waals surface area contributed by atoms with Crippen molar-refractivity contribution in [2.75, 3.05) is 23.9 Å². The molecule has 0 fully saturated rings. The molecule has 21 heavy (non-hydrogen) atoms. The number of nitrogens with zero attached hydrogens (tertiary/aromatic N) is 1. The average molecular weight is 307 g/mol. The van der Waals surface area contributed by atoms with Crippen LogP contribution in [0, 0.1) is 0 Å². The van der Waals surface area contributed by atoms with Gasteiger partial charge in [0, 0.05) is 25.4 Å². The molecule has 2 N–H and O–H groups in total. The topological polar surface area (TPSA) is 89.6 Å². The van der Waals surface area contributed by atoms with Crippen molar-refractivity contribution in [3.63, 3.8) is 0 Å². The van der Waals surface area contributed by atoms with E-state index in [2.05, 4.69) is 15.0 Å². The van der Waals surface area contributed by atoms with Crippen LogP contribution in [0.5, 0.6) is 11.5 Å². The summed E-state index contributed by atoms with van der Waals surface area (Å²) in [7, 11) is -2.02. The van der Waals surface area contributed by atoms with Crippen LogP contribution in [-0.4, -0.2) is 27.2 Å². The number of benzene rings is 1. The molecule has 8 heteroatoms. The molecule has 1 aliphatic rings. The van der Waals surface area contributed by atoms with E-state index in [9.17, 15) is 8.42 Å². The van der Waals surface area contributed by atoms with Crippen LogP contribution in [0.3, 0.4) is 0 Å². The highest BCUT2D eigenvalue weighted by Gasteiger charge is 2.18. The lowest BCUT2D eigenvalue weighted by Gasteiger charge is -2.09. The Morgan fingerprint density at radius 3 is 2.76 bits per heavy atom. The van der Waals surface area contributed by atoms with E-state index in [1.807, 2.05) is 0 Å². The van der Waals surface area contributed by atoms with E-state index in [1.165, 1.54) is 18.3 Å². The first-order chi connectivity index (χ1) is 10.1. The van der Waals surface area contributed by atoms with Gasteiger partial charge in [-0.05, 0) is 18.2 Å². The fourth-order valence-corrected chi connectivity index (χ4v) is 2.95. The van der Waals surface area contributed by atoms with Crippen LogP contribution in [0.4, 0.5) is 11.5 Å². The monoisotopic (exact) mass is 307 g/mol. The molecular weight excluding hydrogens is 294 g/mol. The van der Waals surface area contributed by atoms with E-state index >= 15 is 0 Å². The van der Waals surface area contributed by atoms with Crippen molar-refractivity contribution in [3.05, 3.63) is 36.5 Å². The molecule has 0 atom stereocenters. The Morgan fingerprint density at radius 1 is 1.14 bits per heavy atom. The molecule has 1 aromatic heterocycles. The van der Waals surface area contributed by atoms with E-state index in [0.29, 0.717) is 23.0 Å². The Labute approximate surface area is 122 Å². The first-order valence-electron chi connectivity index (χ1n) is 6.15. The number of sulfonamides is 1. The molecule has 0 radical (unpaired) electrons. The maximum absolute atomic E-state index is 12.3. The number of aromatic nitrogens is 1. The smallest absolute Gasteiger partial charge is 0.262 e. The molecule has 0 unspecified atom stereocenters. The van der Waals surface area contributed by atoms with Crippen molar-refractivity contribution < 1.29 is 17.9 Å². The second kappa shape index (κ2) is 5.13. The first kappa shape index (κ1) is 13.5. The maximum atomic E-state index is 12.3. The van der Waals surface area contributed by atoms with Gasteiger partial charge in [0.15, 0.2) is 11.5 Å². The Bertz CT molecular complexity index is 777. The molecule has 0 aliphatic carbocycles. The van der Waals surface area contributed by atoms with Crippen LogP contribution in [-0.2, 0) is 10.0 Å². The van der Waals surface area contributed by atoms with Crippen molar-refractivity contribution in [2.24, 2.45) is 0 Å². The minimum atomic E-state index is -3.69. The highest BCUT2D eigenvalue weighted by Crippen LogP contribution is 2.34. The molecule has 0 saturated heterocycles. The van der Waals surface area contributed by atoms with Gasteiger partial charge in [-0.15, -0.1) is 0 Å². The highest BCUT2D eigenvalue weighted by atomic mass is 32.2. The zero-order valence-electron chi connectivity index (χ0n) is 11.2. The summed E-state index contributed by atoms with van der Waals surface area (Å²) in [5.74, 6) is 1.59. The molecule has 110 valence electrons. The van der Waals surface area contributed by atoms with Gasteiger partial charge in [-0.2, -0.15) is 0 Å². The number of rotatable bonds is 4. The fraction of sp³-hybridized carbons (Fsp3) is 0.154. The van der Waals surface area contributed by atoms with Crippen LogP contribution in [0.2, 0.25) is 0 Å². The fourth-order valence-electron chi connectivity index (χ4n) is 1.89. The summed E-state index contributed by atoms with van der Waals surface area (Å²) in [4.78, 5) is 4.11. The van der Waals surface area contributed by atoms with Crippen LogP contribution in [0.1, 0.15) is 0 Å². The van der Waals surface area contributed by atoms with Crippen LogP contribution >= 0.6 is 0 Å². The summed E-state index contributed by atoms with van der Waals surface area (Å²) < 4.78 is 37.6. The third kappa shape index (κ3) is 2.70. The number of anilines is 2. The molecule has 1 aliphatic heterocycles. The lowest BCUT2D eigenvalue weighted by atomic mass is 10.3.